The van der Waals surface area contributed by atoms with Crippen LogP contribution in [0.3, 0.4) is 0 Å². The Morgan fingerprint density at radius 3 is 2.06 bits per heavy atom. The maximum atomic E-state index is 11.3. The highest BCUT2D eigenvalue weighted by atomic mass is 16.6. The molecule has 16 heavy (non-hydrogen) atoms. The van der Waals surface area contributed by atoms with E-state index in [4.69, 9.17) is 10.5 Å². The van der Waals surface area contributed by atoms with E-state index >= 15 is 0 Å². The summed E-state index contributed by atoms with van der Waals surface area (Å²) >= 11 is 0. The molecule has 0 radical (unpaired) electrons. The Balaban J connectivity index is 3.92. The van der Waals surface area contributed by atoms with Crippen molar-refractivity contribution in [2.45, 2.75) is 40.2 Å². The molecule has 0 saturated carbocycles. The number of rotatable bonds is 5. The second-order valence-electron chi connectivity index (χ2n) is 5.44. The minimum Gasteiger partial charge on any atom is -0.459 e. The van der Waals surface area contributed by atoms with Crippen LogP contribution < -0.4 is 11.1 Å². The van der Waals surface area contributed by atoms with Gasteiger partial charge in [-0.25, -0.2) is 0 Å². The SMILES string of the molecule is CC(C)(C)OC(=O)CNCC(C)(C)C(N)=O. The average Bonchev–Trinajstić information content (AvgIpc) is 1.99. The number of carbonyl (C=O) groups is 2. The Morgan fingerprint density at radius 2 is 1.69 bits per heavy atom. The largest absolute Gasteiger partial charge is 0.459 e. The number of amides is 1. The number of hydrogen-bond acceptors (Lipinski definition) is 4. The summed E-state index contributed by atoms with van der Waals surface area (Å²) < 4.78 is 5.10. The van der Waals surface area contributed by atoms with Gasteiger partial charge in [0.2, 0.25) is 5.91 Å². The van der Waals surface area contributed by atoms with Crippen LogP contribution in [0, 0.1) is 5.41 Å². The van der Waals surface area contributed by atoms with Crippen LogP contribution in [0.15, 0.2) is 0 Å². The van der Waals surface area contributed by atoms with Gasteiger partial charge < -0.3 is 15.8 Å². The molecule has 5 nitrogen and oxygen atoms in total. The molecule has 0 saturated heterocycles. The van der Waals surface area contributed by atoms with E-state index < -0.39 is 16.9 Å². The minimum atomic E-state index is -0.665. The summed E-state index contributed by atoms with van der Waals surface area (Å²) in [6, 6.07) is 0. The van der Waals surface area contributed by atoms with Crippen molar-refractivity contribution in [3.63, 3.8) is 0 Å². The summed E-state index contributed by atoms with van der Waals surface area (Å²) in [4.78, 5) is 22.3. The van der Waals surface area contributed by atoms with E-state index in [0.717, 1.165) is 0 Å². The molecule has 0 unspecified atom stereocenters. The average molecular weight is 230 g/mol. The fourth-order valence-electron chi connectivity index (χ4n) is 0.942. The lowest BCUT2D eigenvalue weighted by Gasteiger charge is -2.22. The van der Waals surface area contributed by atoms with Gasteiger partial charge in [-0.2, -0.15) is 0 Å². The van der Waals surface area contributed by atoms with Crippen LogP contribution in [0.2, 0.25) is 0 Å². The third-order valence-corrected chi connectivity index (χ3v) is 1.92. The fourth-order valence-corrected chi connectivity index (χ4v) is 0.942. The minimum absolute atomic E-state index is 0.0774. The molecular weight excluding hydrogens is 208 g/mol. The summed E-state index contributed by atoms with van der Waals surface area (Å²) in [5, 5.41) is 2.85. The quantitative estimate of drug-likeness (QED) is 0.671. The van der Waals surface area contributed by atoms with Crippen molar-refractivity contribution in [2.75, 3.05) is 13.1 Å². The molecule has 0 rings (SSSR count). The first kappa shape index (κ1) is 14.9. The fraction of sp³-hybridized carbons (Fsp3) is 0.818. The van der Waals surface area contributed by atoms with Gasteiger partial charge in [-0.05, 0) is 34.6 Å². The van der Waals surface area contributed by atoms with Crippen molar-refractivity contribution < 1.29 is 14.3 Å². The van der Waals surface area contributed by atoms with Gasteiger partial charge in [0.1, 0.15) is 5.60 Å². The molecule has 94 valence electrons. The van der Waals surface area contributed by atoms with Crippen LogP contribution in [0.25, 0.3) is 0 Å². The monoisotopic (exact) mass is 230 g/mol. The molecule has 0 bridgehead atoms. The van der Waals surface area contributed by atoms with E-state index in [1.807, 2.05) is 0 Å². The van der Waals surface area contributed by atoms with Gasteiger partial charge in [0.25, 0.3) is 0 Å². The maximum absolute atomic E-state index is 11.3. The van der Waals surface area contributed by atoms with E-state index in [1.165, 1.54) is 0 Å². The number of hydrogen-bond donors (Lipinski definition) is 2. The molecule has 0 atom stereocenters. The second kappa shape index (κ2) is 5.30. The molecule has 1 amide bonds. The number of ether oxygens (including phenoxy) is 1. The highest BCUT2D eigenvalue weighted by molar-refractivity contribution is 5.80. The highest BCUT2D eigenvalue weighted by Gasteiger charge is 2.25. The van der Waals surface area contributed by atoms with Gasteiger partial charge in [0, 0.05) is 6.54 Å². The standard InChI is InChI=1S/C11H22N2O3/c1-10(2,3)16-8(14)6-13-7-11(4,5)9(12)15/h13H,6-7H2,1-5H3,(H2,12,15). The van der Waals surface area contributed by atoms with Gasteiger partial charge in [-0.15, -0.1) is 0 Å². The van der Waals surface area contributed by atoms with Gasteiger partial charge in [-0.3, -0.25) is 9.59 Å². The van der Waals surface area contributed by atoms with Crippen molar-refractivity contribution in [1.82, 2.24) is 5.32 Å². The first-order valence-corrected chi connectivity index (χ1v) is 5.27. The van der Waals surface area contributed by atoms with Gasteiger partial charge >= 0.3 is 5.97 Å². The second-order valence-corrected chi connectivity index (χ2v) is 5.44. The predicted molar refractivity (Wildman–Crippen MR) is 61.7 cm³/mol. The Kier molecular flexibility index (Phi) is 4.93. The van der Waals surface area contributed by atoms with E-state index in [2.05, 4.69) is 5.32 Å². The zero-order chi connectivity index (χ0) is 13.0. The third kappa shape index (κ3) is 6.40. The molecule has 3 N–H and O–H groups in total. The lowest BCUT2D eigenvalue weighted by molar-refractivity contribution is -0.153. The van der Waals surface area contributed by atoms with Crippen LogP contribution in [0.4, 0.5) is 0 Å². The summed E-state index contributed by atoms with van der Waals surface area (Å²) in [5.41, 5.74) is 4.04. The van der Waals surface area contributed by atoms with Gasteiger partial charge in [-0.1, -0.05) is 0 Å². The number of carbonyl (C=O) groups excluding carboxylic acids is 2. The molecular formula is C11H22N2O3. The van der Waals surface area contributed by atoms with Gasteiger partial charge in [0.05, 0.1) is 12.0 Å². The first-order chi connectivity index (χ1) is 7.04. The van der Waals surface area contributed by atoms with Crippen molar-refractivity contribution in [2.24, 2.45) is 11.1 Å². The molecule has 0 aromatic carbocycles. The normalized spacial score (nSPS) is 12.3. The summed E-state index contributed by atoms with van der Waals surface area (Å²) in [7, 11) is 0. The lowest BCUT2D eigenvalue weighted by atomic mass is 9.93. The Labute approximate surface area is 96.7 Å². The van der Waals surface area contributed by atoms with Crippen LogP contribution in [-0.4, -0.2) is 30.6 Å². The number of nitrogens with one attached hydrogen (secondary N) is 1. The number of esters is 1. The maximum Gasteiger partial charge on any atom is 0.320 e. The van der Waals surface area contributed by atoms with Crippen molar-refractivity contribution in [3.8, 4) is 0 Å². The van der Waals surface area contributed by atoms with Crippen LogP contribution in [0.1, 0.15) is 34.6 Å². The summed E-state index contributed by atoms with van der Waals surface area (Å²) in [5.74, 6) is -0.739. The molecule has 0 heterocycles. The predicted octanol–water partition coefficient (Wildman–Crippen LogP) is 0.429. The Hall–Kier alpha value is -1.10. The molecule has 0 aliphatic rings. The highest BCUT2D eigenvalue weighted by Crippen LogP contribution is 2.11. The molecule has 0 fully saturated rings. The number of primary amides is 1. The topological polar surface area (TPSA) is 81.4 Å². The van der Waals surface area contributed by atoms with Gasteiger partial charge in [0.15, 0.2) is 0 Å². The van der Waals surface area contributed by atoms with Crippen molar-refractivity contribution in [3.05, 3.63) is 0 Å². The Morgan fingerprint density at radius 1 is 1.19 bits per heavy atom. The molecule has 0 spiro atoms. The molecule has 0 aromatic heterocycles. The zero-order valence-electron chi connectivity index (χ0n) is 10.7. The third-order valence-electron chi connectivity index (χ3n) is 1.92. The van der Waals surface area contributed by atoms with Crippen LogP contribution in [-0.2, 0) is 14.3 Å². The van der Waals surface area contributed by atoms with Crippen molar-refractivity contribution >= 4 is 11.9 Å². The number of nitrogens with two attached hydrogens (primary N) is 1. The van der Waals surface area contributed by atoms with E-state index in [0.29, 0.717) is 6.54 Å². The Bertz CT molecular complexity index is 267. The van der Waals surface area contributed by atoms with Crippen molar-refractivity contribution in [1.29, 1.82) is 0 Å². The molecule has 0 aromatic rings. The van der Waals surface area contributed by atoms with Crippen LogP contribution in [0.5, 0.6) is 0 Å². The smallest absolute Gasteiger partial charge is 0.320 e. The molecule has 5 heteroatoms. The summed E-state index contributed by atoms with van der Waals surface area (Å²) in [6.45, 7) is 9.28. The van der Waals surface area contributed by atoms with E-state index in [-0.39, 0.29) is 12.5 Å². The lowest BCUT2D eigenvalue weighted by Crippen LogP contribution is -2.42. The van der Waals surface area contributed by atoms with E-state index in [1.54, 1.807) is 34.6 Å². The zero-order valence-corrected chi connectivity index (χ0v) is 10.7. The van der Waals surface area contributed by atoms with Crippen LogP contribution >= 0.6 is 0 Å². The molecule has 0 aliphatic heterocycles. The van der Waals surface area contributed by atoms with E-state index in [9.17, 15) is 9.59 Å². The molecule has 0 aliphatic carbocycles. The summed E-state index contributed by atoms with van der Waals surface area (Å²) in [6.07, 6.45) is 0. The first-order valence-electron chi connectivity index (χ1n) is 5.27.